The first-order valence-corrected chi connectivity index (χ1v) is 13.1. The molecule has 0 bridgehead atoms. The lowest BCUT2D eigenvalue weighted by Gasteiger charge is -2.08. The Balaban J connectivity index is 1.32. The molecule has 0 amide bonds. The number of nitrogens with zero attached hydrogens (tertiary/aromatic N) is 2. The molecule has 8 nitrogen and oxygen atoms in total. The van der Waals surface area contributed by atoms with Crippen LogP contribution < -0.4 is 10.5 Å². The fourth-order valence-electron chi connectivity index (χ4n) is 3.97. The average Bonchev–Trinajstić information content (AvgIpc) is 3.55. The van der Waals surface area contributed by atoms with Gasteiger partial charge in [0.25, 0.3) is 0 Å². The van der Waals surface area contributed by atoms with Crippen LogP contribution in [0.5, 0.6) is 0 Å². The summed E-state index contributed by atoms with van der Waals surface area (Å²) in [5.41, 5.74) is 7.67. The van der Waals surface area contributed by atoms with E-state index >= 15 is 0 Å². The van der Waals surface area contributed by atoms with Crippen LogP contribution in [0, 0.1) is 0 Å². The Morgan fingerprint density at radius 3 is 2.81 bits per heavy atom. The lowest BCUT2D eigenvalue weighted by Crippen LogP contribution is -2.25. The van der Waals surface area contributed by atoms with E-state index in [0.29, 0.717) is 11.6 Å². The largest absolute Gasteiger partial charge is 0.454 e. The highest BCUT2D eigenvalue weighted by atomic mass is 32.2. The number of anilines is 1. The summed E-state index contributed by atoms with van der Waals surface area (Å²) < 4.78 is 32.8. The molecule has 3 N–H and O–H groups in total. The van der Waals surface area contributed by atoms with Crippen LogP contribution in [0.15, 0.2) is 29.2 Å². The lowest BCUT2D eigenvalue weighted by atomic mass is 10.1. The van der Waals surface area contributed by atoms with Crippen LogP contribution in [0.25, 0.3) is 10.2 Å². The average molecular weight is 473 g/mol. The topological polar surface area (TPSA) is 124 Å². The first-order chi connectivity index (χ1) is 15.4. The van der Waals surface area contributed by atoms with E-state index in [1.54, 1.807) is 11.3 Å². The molecule has 2 heterocycles. The van der Waals surface area contributed by atoms with Gasteiger partial charge in [0, 0.05) is 10.9 Å². The summed E-state index contributed by atoms with van der Waals surface area (Å²) in [6.45, 7) is -0.140. The normalized spacial score (nSPS) is 16.5. The number of esters is 1. The third-order valence-electron chi connectivity index (χ3n) is 5.75. The third kappa shape index (κ3) is 4.35. The minimum atomic E-state index is -3.65. The molecule has 2 aromatic heterocycles. The standard InChI is InChI=1S/C22H24N4O4S2/c23-20-19-16-7-2-1-3-8-17(16)31-21(19)25-18(24-20)12-30-22(27)13-5-4-6-15(11-13)32(28,29)26-14-9-10-14/h4-6,11,14,26H,1-3,7-10,12H2,(H2,23,24,25). The number of nitrogens with two attached hydrogens (primary N) is 1. The zero-order valence-corrected chi connectivity index (χ0v) is 19.1. The number of nitrogen functional groups attached to an aromatic ring is 1. The molecule has 3 aromatic rings. The van der Waals surface area contributed by atoms with Crippen molar-refractivity contribution in [2.45, 2.75) is 62.5 Å². The van der Waals surface area contributed by atoms with E-state index in [0.717, 1.165) is 42.3 Å². The van der Waals surface area contributed by atoms with Gasteiger partial charge in [-0.05, 0) is 62.3 Å². The van der Waals surface area contributed by atoms with E-state index < -0.39 is 16.0 Å². The molecular formula is C22H24N4O4S2. The van der Waals surface area contributed by atoms with E-state index in [1.165, 1.54) is 47.5 Å². The fraction of sp³-hybridized carbons (Fsp3) is 0.409. The molecule has 1 saturated carbocycles. The van der Waals surface area contributed by atoms with Crippen molar-refractivity contribution in [3.8, 4) is 0 Å². The van der Waals surface area contributed by atoms with Gasteiger partial charge in [0.1, 0.15) is 10.6 Å². The molecule has 1 fully saturated rings. The highest BCUT2D eigenvalue weighted by molar-refractivity contribution is 7.89. The molecule has 0 saturated heterocycles. The molecule has 0 atom stereocenters. The monoisotopic (exact) mass is 472 g/mol. The van der Waals surface area contributed by atoms with Gasteiger partial charge in [-0.1, -0.05) is 12.5 Å². The molecule has 0 aliphatic heterocycles. The Morgan fingerprint density at radius 1 is 1.19 bits per heavy atom. The first kappa shape index (κ1) is 21.3. The summed E-state index contributed by atoms with van der Waals surface area (Å²) in [6, 6.07) is 5.81. The third-order valence-corrected chi connectivity index (χ3v) is 8.45. The number of sulfonamides is 1. The Bertz CT molecular complexity index is 1300. The van der Waals surface area contributed by atoms with Crippen molar-refractivity contribution >= 4 is 43.4 Å². The highest BCUT2D eigenvalue weighted by Crippen LogP contribution is 2.37. The summed E-state index contributed by atoms with van der Waals surface area (Å²) in [5.74, 6) is 0.108. The second-order valence-corrected chi connectivity index (χ2v) is 11.1. The number of benzene rings is 1. The number of carbonyl (C=O) groups excluding carboxylic acids is 1. The Hall–Kier alpha value is -2.56. The number of nitrogens with one attached hydrogen (secondary N) is 1. The van der Waals surface area contributed by atoms with E-state index in [1.807, 2.05) is 0 Å². The molecule has 0 radical (unpaired) electrons. The molecular weight excluding hydrogens is 448 g/mol. The molecule has 0 spiro atoms. The number of carbonyl (C=O) groups is 1. The maximum Gasteiger partial charge on any atom is 0.338 e. The van der Waals surface area contributed by atoms with Gasteiger partial charge in [0.2, 0.25) is 10.0 Å². The van der Waals surface area contributed by atoms with Crippen molar-refractivity contribution in [3.05, 3.63) is 46.1 Å². The number of rotatable bonds is 6. The minimum Gasteiger partial charge on any atom is -0.454 e. The predicted octanol–water partition coefficient (Wildman–Crippen LogP) is 3.34. The lowest BCUT2D eigenvalue weighted by molar-refractivity contribution is 0.0462. The van der Waals surface area contributed by atoms with Crippen molar-refractivity contribution in [2.24, 2.45) is 0 Å². The summed E-state index contributed by atoms with van der Waals surface area (Å²) >= 11 is 1.64. The van der Waals surface area contributed by atoms with E-state index in [4.69, 9.17) is 10.5 Å². The van der Waals surface area contributed by atoms with Gasteiger partial charge in [0.15, 0.2) is 12.4 Å². The van der Waals surface area contributed by atoms with Crippen LogP contribution in [-0.2, 0) is 34.2 Å². The quantitative estimate of drug-likeness (QED) is 0.416. The van der Waals surface area contributed by atoms with Crippen molar-refractivity contribution in [3.63, 3.8) is 0 Å². The summed E-state index contributed by atoms with van der Waals surface area (Å²) in [5, 5.41) is 0.933. The number of aryl methyl sites for hydroxylation is 2. The highest BCUT2D eigenvalue weighted by Gasteiger charge is 2.28. The first-order valence-electron chi connectivity index (χ1n) is 10.8. The van der Waals surface area contributed by atoms with Gasteiger partial charge in [-0.2, -0.15) is 0 Å². The molecule has 1 aromatic carbocycles. The number of thiophene rings is 1. The van der Waals surface area contributed by atoms with Crippen LogP contribution in [0.3, 0.4) is 0 Å². The molecule has 2 aliphatic rings. The molecule has 10 heteroatoms. The van der Waals surface area contributed by atoms with Crippen molar-refractivity contribution in [1.82, 2.24) is 14.7 Å². The maximum absolute atomic E-state index is 12.6. The Labute approximate surface area is 190 Å². The zero-order valence-electron chi connectivity index (χ0n) is 17.5. The van der Waals surface area contributed by atoms with Gasteiger partial charge in [0.05, 0.1) is 15.8 Å². The van der Waals surface area contributed by atoms with Crippen LogP contribution in [0.1, 0.15) is 58.7 Å². The van der Waals surface area contributed by atoms with Crippen molar-refractivity contribution in [2.75, 3.05) is 5.73 Å². The van der Waals surface area contributed by atoms with Gasteiger partial charge in [-0.15, -0.1) is 11.3 Å². The predicted molar refractivity (Wildman–Crippen MR) is 122 cm³/mol. The second kappa shape index (κ2) is 8.42. The van der Waals surface area contributed by atoms with Gasteiger partial charge < -0.3 is 10.5 Å². The van der Waals surface area contributed by atoms with Crippen LogP contribution >= 0.6 is 11.3 Å². The Morgan fingerprint density at radius 2 is 2.00 bits per heavy atom. The summed E-state index contributed by atoms with van der Waals surface area (Å²) in [6.07, 6.45) is 7.23. The molecule has 2 aliphatic carbocycles. The molecule has 168 valence electrons. The summed E-state index contributed by atoms with van der Waals surface area (Å²) in [4.78, 5) is 23.7. The van der Waals surface area contributed by atoms with Gasteiger partial charge in [-0.25, -0.2) is 27.9 Å². The van der Waals surface area contributed by atoms with Crippen LogP contribution in [0.2, 0.25) is 0 Å². The van der Waals surface area contributed by atoms with E-state index in [9.17, 15) is 13.2 Å². The number of fused-ring (bicyclic) bond motifs is 3. The Kier molecular flexibility index (Phi) is 5.60. The number of hydrogen-bond donors (Lipinski definition) is 2. The summed E-state index contributed by atoms with van der Waals surface area (Å²) in [7, 11) is -3.65. The van der Waals surface area contributed by atoms with E-state index in [-0.39, 0.29) is 23.1 Å². The maximum atomic E-state index is 12.6. The SMILES string of the molecule is Nc1nc(COC(=O)c2cccc(S(=O)(=O)NC3CC3)c2)nc2sc3c(c12)CCCCC3. The minimum absolute atomic E-state index is 0.0135. The van der Waals surface area contributed by atoms with Crippen LogP contribution in [-0.4, -0.2) is 30.4 Å². The smallest absolute Gasteiger partial charge is 0.338 e. The molecule has 32 heavy (non-hydrogen) atoms. The van der Waals surface area contributed by atoms with Crippen molar-refractivity contribution in [1.29, 1.82) is 0 Å². The molecule has 0 unspecified atom stereocenters. The van der Waals surface area contributed by atoms with E-state index in [2.05, 4.69) is 14.7 Å². The fourth-order valence-corrected chi connectivity index (χ4v) is 6.60. The van der Waals surface area contributed by atoms with Gasteiger partial charge in [-0.3, -0.25) is 0 Å². The number of aromatic nitrogens is 2. The van der Waals surface area contributed by atoms with Crippen molar-refractivity contribution < 1.29 is 17.9 Å². The second-order valence-electron chi connectivity index (χ2n) is 8.27. The number of ether oxygens (including phenoxy) is 1. The zero-order chi connectivity index (χ0) is 22.3. The van der Waals surface area contributed by atoms with Crippen LogP contribution in [0.4, 0.5) is 5.82 Å². The number of hydrogen-bond acceptors (Lipinski definition) is 8. The van der Waals surface area contributed by atoms with Gasteiger partial charge >= 0.3 is 5.97 Å². The molecule has 5 rings (SSSR count).